The van der Waals surface area contributed by atoms with Gasteiger partial charge >= 0.3 is 11.9 Å². The van der Waals surface area contributed by atoms with E-state index in [1.54, 1.807) is 12.1 Å². The number of halogens is 2. The Hall–Kier alpha value is -0.880. The summed E-state index contributed by atoms with van der Waals surface area (Å²) in [5.74, 6) is 0.144. The van der Waals surface area contributed by atoms with E-state index in [4.69, 9.17) is 9.47 Å². The van der Waals surface area contributed by atoms with Gasteiger partial charge in [0, 0.05) is 35.6 Å². The first kappa shape index (κ1) is 15.2. The molecular formula is C12H12Br2O4. The third-order valence-corrected chi connectivity index (χ3v) is 3.22. The average Bonchev–Trinajstić information content (AvgIpc) is 2.29. The van der Waals surface area contributed by atoms with Crippen LogP contribution in [0, 0.1) is 0 Å². The average molecular weight is 380 g/mol. The van der Waals surface area contributed by atoms with Gasteiger partial charge in [-0.15, -0.1) is 0 Å². The lowest BCUT2D eigenvalue weighted by Crippen LogP contribution is -2.08. The van der Waals surface area contributed by atoms with E-state index >= 15 is 0 Å². The molecule has 1 aromatic carbocycles. The van der Waals surface area contributed by atoms with Gasteiger partial charge in [0.15, 0.2) is 0 Å². The largest absolute Gasteiger partial charge is 0.427 e. The Bertz CT molecular complexity index is 446. The Morgan fingerprint density at radius 2 is 1.44 bits per heavy atom. The van der Waals surface area contributed by atoms with Gasteiger partial charge in [-0.3, -0.25) is 9.59 Å². The zero-order valence-electron chi connectivity index (χ0n) is 9.96. The van der Waals surface area contributed by atoms with Crippen LogP contribution in [0.1, 0.15) is 25.0 Å². The maximum Gasteiger partial charge on any atom is 0.308 e. The number of rotatable bonds is 4. The minimum Gasteiger partial charge on any atom is -0.427 e. The van der Waals surface area contributed by atoms with Crippen molar-refractivity contribution in [3.05, 3.63) is 23.3 Å². The highest BCUT2D eigenvalue weighted by atomic mass is 79.9. The summed E-state index contributed by atoms with van der Waals surface area (Å²) in [7, 11) is 0. The van der Waals surface area contributed by atoms with Crippen LogP contribution in [0.25, 0.3) is 0 Å². The van der Waals surface area contributed by atoms with Crippen molar-refractivity contribution in [2.75, 3.05) is 0 Å². The lowest BCUT2D eigenvalue weighted by Gasteiger charge is -2.13. The van der Waals surface area contributed by atoms with Crippen molar-refractivity contribution in [2.24, 2.45) is 0 Å². The minimum atomic E-state index is -0.392. The second-order valence-corrected chi connectivity index (χ2v) is 4.65. The van der Waals surface area contributed by atoms with Crippen LogP contribution in [0.15, 0.2) is 12.1 Å². The van der Waals surface area contributed by atoms with Gasteiger partial charge in [-0.05, 0) is 12.1 Å². The molecule has 0 fully saturated rings. The van der Waals surface area contributed by atoms with Crippen LogP contribution in [0.5, 0.6) is 11.5 Å². The first-order valence-corrected chi connectivity index (χ1v) is 7.36. The summed E-state index contributed by atoms with van der Waals surface area (Å²) in [6.45, 7) is 2.68. The van der Waals surface area contributed by atoms with Gasteiger partial charge in [-0.2, -0.15) is 0 Å². The van der Waals surface area contributed by atoms with Crippen LogP contribution in [-0.4, -0.2) is 11.9 Å². The third kappa shape index (κ3) is 4.10. The van der Waals surface area contributed by atoms with Crippen LogP contribution in [0.2, 0.25) is 0 Å². The van der Waals surface area contributed by atoms with Crippen molar-refractivity contribution in [1.82, 2.24) is 0 Å². The summed E-state index contributed by atoms with van der Waals surface area (Å²) in [6.07, 6.45) is 0. The number of esters is 2. The van der Waals surface area contributed by atoms with Crippen molar-refractivity contribution < 1.29 is 19.1 Å². The fraction of sp³-hybridized carbons (Fsp3) is 0.333. The van der Waals surface area contributed by atoms with E-state index in [1.165, 1.54) is 13.8 Å². The smallest absolute Gasteiger partial charge is 0.308 e. The predicted molar refractivity (Wildman–Crippen MR) is 74.3 cm³/mol. The van der Waals surface area contributed by atoms with Gasteiger partial charge in [-0.25, -0.2) is 0 Å². The number of ether oxygens (including phenoxy) is 2. The normalized spacial score (nSPS) is 10.0. The Morgan fingerprint density at radius 1 is 1.00 bits per heavy atom. The standard InChI is InChI=1S/C12H12Br2O4/c1-7(15)17-11-3-9(5-13)12(18-8(2)16)10(4-11)6-14/h3-4H,5-6H2,1-2H3. The summed E-state index contributed by atoms with van der Waals surface area (Å²) in [5.41, 5.74) is 1.50. The maximum atomic E-state index is 11.1. The zero-order chi connectivity index (χ0) is 13.7. The van der Waals surface area contributed by atoms with Crippen LogP contribution in [-0.2, 0) is 20.2 Å². The summed E-state index contributed by atoms with van der Waals surface area (Å²) in [4.78, 5) is 22.0. The van der Waals surface area contributed by atoms with E-state index in [0.29, 0.717) is 22.2 Å². The molecule has 0 bridgehead atoms. The monoisotopic (exact) mass is 378 g/mol. The highest BCUT2D eigenvalue weighted by Gasteiger charge is 2.14. The molecule has 0 saturated carbocycles. The van der Waals surface area contributed by atoms with E-state index in [-0.39, 0.29) is 5.97 Å². The molecule has 0 heterocycles. The molecule has 0 aliphatic carbocycles. The molecule has 0 N–H and O–H groups in total. The molecule has 0 aromatic heterocycles. The van der Waals surface area contributed by atoms with E-state index in [2.05, 4.69) is 31.9 Å². The fourth-order valence-corrected chi connectivity index (χ4v) is 2.25. The number of alkyl halides is 2. The molecule has 0 aliphatic rings. The molecule has 98 valence electrons. The minimum absolute atomic E-state index is 0.389. The molecule has 1 aromatic rings. The Morgan fingerprint density at radius 3 is 1.78 bits per heavy atom. The topological polar surface area (TPSA) is 52.6 Å². The highest BCUT2D eigenvalue weighted by Crippen LogP contribution is 2.33. The van der Waals surface area contributed by atoms with E-state index in [9.17, 15) is 9.59 Å². The molecule has 0 atom stereocenters. The number of benzene rings is 1. The van der Waals surface area contributed by atoms with Crippen LogP contribution in [0.3, 0.4) is 0 Å². The number of carbonyl (C=O) groups is 2. The van der Waals surface area contributed by atoms with Gasteiger partial charge in [0.25, 0.3) is 0 Å². The van der Waals surface area contributed by atoms with Crippen LogP contribution >= 0.6 is 31.9 Å². The second kappa shape index (κ2) is 6.89. The lowest BCUT2D eigenvalue weighted by molar-refractivity contribution is -0.133. The molecule has 1 rings (SSSR count). The first-order chi connectivity index (χ1) is 8.47. The van der Waals surface area contributed by atoms with Gasteiger partial charge in [0.2, 0.25) is 0 Å². The molecule has 0 amide bonds. The van der Waals surface area contributed by atoms with Crippen molar-refractivity contribution in [3.8, 4) is 11.5 Å². The van der Waals surface area contributed by atoms with Gasteiger partial charge < -0.3 is 9.47 Å². The predicted octanol–water partition coefficient (Wildman–Crippen LogP) is 3.33. The molecule has 0 unspecified atom stereocenters. The summed E-state index contributed by atoms with van der Waals surface area (Å²) in [5, 5.41) is 0.982. The highest BCUT2D eigenvalue weighted by molar-refractivity contribution is 9.08. The molecule has 0 saturated heterocycles. The molecular weight excluding hydrogens is 368 g/mol. The second-order valence-electron chi connectivity index (χ2n) is 3.53. The molecule has 0 aliphatic heterocycles. The zero-order valence-corrected chi connectivity index (χ0v) is 13.1. The number of carbonyl (C=O) groups excluding carboxylic acids is 2. The van der Waals surface area contributed by atoms with Gasteiger partial charge in [0.1, 0.15) is 11.5 Å². The molecule has 4 nitrogen and oxygen atoms in total. The summed E-state index contributed by atoms with van der Waals surface area (Å²) in [6, 6.07) is 3.33. The summed E-state index contributed by atoms with van der Waals surface area (Å²) < 4.78 is 10.2. The number of hydrogen-bond donors (Lipinski definition) is 0. The van der Waals surface area contributed by atoms with E-state index in [0.717, 1.165) is 11.1 Å². The Labute approximate surface area is 122 Å². The third-order valence-electron chi connectivity index (χ3n) is 2.01. The van der Waals surface area contributed by atoms with Crippen LogP contribution < -0.4 is 9.47 Å². The molecule has 0 spiro atoms. The van der Waals surface area contributed by atoms with Crippen LogP contribution in [0.4, 0.5) is 0 Å². The summed E-state index contributed by atoms with van der Waals surface area (Å²) >= 11 is 6.63. The molecule has 6 heteroatoms. The van der Waals surface area contributed by atoms with Gasteiger partial charge in [0.05, 0.1) is 0 Å². The molecule has 0 radical (unpaired) electrons. The van der Waals surface area contributed by atoms with E-state index in [1.807, 2.05) is 0 Å². The van der Waals surface area contributed by atoms with Crippen molar-refractivity contribution in [3.63, 3.8) is 0 Å². The first-order valence-electron chi connectivity index (χ1n) is 5.12. The number of hydrogen-bond acceptors (Lipinski definition) is 4. The quantitative estimate of drug-likeness (QED) is 0.457. The molecule has 18 heavy (non-hydrogen) atoms. The van der Waals surface area contributed by atoms with Gasteiger partial charge in [-0.1, -0.05) is 31.9 Å². The van der Waals surface area contributed by atoms with E-state index < -0.39 is 5.97 Å². The fourth-order valence-electron chi connectivity index (χ4n) is 1.42. The van der Waals surface area contributed by atoms with Crippen molar-refractivity contribution >= 4 is 43.8 Å². The van der Waals surface area contributed by atoms with Crippen molar-refractivity contribution in [1.29, 1.82) is 0 Å². The Kier molecular flexibility index (Phi) is 5.81. The SMILES string of the molecule is CC(=O)Oc1cc(CBr)c(OC(C)=O)c(CBr)c1. The lowest BCUT2D eigenvalue weighted by atomic mass is 10.1. The van der Waals surface area contributed by atoms with Crippen molar-refractivity contribution in [2.45, 2.75) is 24.5 Å². The maximum absolute atomic E-state index is 11.1. The Balaban J connectivity index is 3.24.